The normalized spacial score (nSPS) is 29.6. The number of β-amino-alcohol motifs (C(OH)–C–C–N with tert-alkyl or cyclic N) is 1. The number of hydrogen-bond donors (Lipinski definition) is 2. The molecule has 1 aromatic rings. The molecule has 0 radical (unpaired) electrons. The smallest absolute Gasteiger partial charge is 0.377 e. The SMILES string of the molecule is O=C(N1CCC(c2nc(C3CC3)no2)(C(F)(F)F)C1)C1(O)CNC1. The molecule has 7 nitrogen and oxygen atoms in total. The van der Waals surface area contributed by atoms with E-state index in [-0.39, 0.29) is 32.0 Å². The number of rotatable bonds is 3. The zero-order chi connectivity index (χ0) is 17.2. The van der Waals surface area contributed by atoms with Crippen molar-refractivity contribution < 1.29 is 27.6 Å². The summed E-state index contributed by atoms with van der Waals surface area (Å²) in [6.07, 6.45) is -3.28. The van der Waals surface area contributed by atoms with Crippen LogP contribution in [0.2, 0.25) is 0 Å². The fraction of sp³-hybridized carbons (Fsp3) is 0.786. The highest BCUT2D eigenvalue weighted by Crippen LogP contribution is 2.48. The Balaban J connectivity index is 1.62. The van der Waals surface area contributed by atoms with Crippen molar-refractivity contribution in [2.24, 2.45) is 0 Å². The molecule has 3 heterocycles. The van der Waals surface area contributed by atoms with E-state index in [9.17, 15) is 23.1 Å². The van der Waals surface area contributed by atoms with Crippen LogP contribution in [-0.2, 0) is 10.2 Å². The molecule has 24 heavy (non-hydrogen) atoms. The van der Waals surface area contributed by atoms with Gasteiger partial charge in [-0.25, -0.2) is 0 Å². The Morgan fingerprint density at radius 3 is 2.62 bits per heavy atom. The first kappa shape index (κ1) is 15.8. The Morgan fingerprint density at radius 1 is 1.38 bits per heavy atom. The highest BCUT2D eigenvalue weighted by atomic mass is 19.4. The molecule has 2 aliphatic heterocycles. The van der Waals surface area contributed by atoms with Crippen molar-refractivity contribution >= 4 is 5.91 Å². The van der Waals surface area contributed by atoms with Gasteiger partial charge in [-0.15, -0.1) is 0 Å². The predicted octanol–water partition coefficient (Wildman–Crippen LogP) is 0.314. The maximum absolute atomic E-state index is 13.8. The summed E-state index contributed by atoms with van der Waals surface area (Å²) in [5, 5.41) is 16.5. The number of carbonyl (C=O) groups is 1. The third-order valence-corrected chi connectivity index (χ3v) is 5.13. The molecule has 2 N–H and O–H groups in total. The fourth-order valence-electron chi connectivity index (χ4n) is 3.25. The summed E-state index contributed by atoms with van der Waals surface area (Å²) >= 11 is 0. The van der Waals surface area contributed by atoms with Crippen molar-refractivity contribution in [2.45, 2.75) is 42.4 Å². The Labute approximate surface area is 135 Å². The summed E-state index contributed by atoms with van der Waals surface area (Å²) in [5.74, 6) is -0.783. The van der Waals surface area contributed by atoms with Gasteiger partial charge in [-0.1, -0.05) is 5.16 Å². The first-order valence-electron chi connectivity index (χ1n) is 7.88. The first-order valence-corrected chi connectivity index (χ1v) is 7.88. The number of carbonyl (C=O) groups excluding carboxylic acids is 1. The minimum atomic E-state index is -4.63. The quantitative estimate of drug-likeness (QED) is 0.819. The van der Waals surface area contributed by atoms with E-state index in [1.807, 2.05) is 0 Å². The number of aliphatic hydroxyl groups is 1. The maximum Gasteiger partial charge on any atom is 0.405 e. The van der Waals surface area contributed by atoms with Gasteiger partial charge in [0, 0.05) is 32.1 Å². The molecule has 132 valence electrons. The Morgan fingerprint density at radius 2 is 2.08 bits per heavy atom. The van der Waals surface area contributed by atoms with Gasteiger partial charge in [-0.05, 0) is 19.3 Å². The van der Waals surface area contributed by atoms with Crippen LogP contribution in [0.15, 0.2) is 4.52 Å². The van der Waals surface area contributed by atoms with Gasteiger partial charge >= 0.3 is 6.18 Å². The Bertz CT molecular complexity index is 668. The molecule has 1 aromatic heterocycles. The molecule has 1 aliphatic carbocycles. The molecule has 4 rings (SSSR count). The fourth-order valence-corrected chi connectivity index (χ4v) is 3.25. The highest BCUT2D eigenvalue weighted by Gasteiger charge is 2.64. The molecule has 1 amide bonds. The lowest BCUT2D eigenvalue weighted by atomic mass is 9.86. The van der Waals surface area contributed by atoms with Gasteiger partial charge in [-0.2, -0.15) is 18.2 Å². The van der Waals surface area contributed by atoms with E-state index in [1.165, 1.54) is 0 Å². The number of halogens is 3. The standard InChI is InChI=1S/C14H17F3N4O3/c15-14(16,17)12(10-19-9(20-24-10)8-1-2-8)3-4-21(7-12)11(22)13(23)5-18-6-13/h8,18,23H,1-7H2. The average Bonchev–Trinajstić information content (AvgIpc) is 3.04. The largest absolute Gasteiger partial charge is 0.405 e. The van der Waals surface area contributed by atoms with Gasteiger partial charge in [-0.3, -0.25) is 4.79 Å². The summed E-state index contributed by atoms with van der Waals surface area (Å²) in [5.41, 5.74) is -3.98. The zero-order valence-electron chi connectivity index (χ0n) is 12.8. The lowest BCUT2D eigenvalue weighted by molar-refractivity contribution is -0.195. The minimum absolute atomic E-state index is 0.0493. The second kappa shape index (κ2) is 4.92. The van der Waals surface area contributed by atoms with Crippen LogP contribution in [0.4, 0.5) is 13.2 Å². The van der Waals surface area contributed by atoms with Gasteiger partial charge < -0.3 is 19.8 Å². The minimum Gasteiger partial charge on any atom is -0.377 e. The van der Waals surface area contributed by atoms with Crippen molar-refractivity contribution in [2.75, 3.05) is 26.2 Å². The monoisotopic (exact) mass is 346 g/mol. The number of hydrogen-bond acceptors (Lipinski definition) is 6. The number of alkyl halides is 3. The predicted molar refractivity (Wildman–Crippen MR) is 73.0 cm³/mol. The van der Waals surface area contributed by atoms with Crippen molar-refractivity contribution in [3.8, 4) is 0 Å². The molecule has 3 fully saturated rings. The van der Waals surface area contributed by atoms with E-state index in [2.05, 4.69) is 15.5 Å². The molecule has 1 unspecified atom stereocenters. The number of aromatic nitrogens is 2. The van der Waals surface area contributed by atoms with E-state index in [0.29, 0.717) is 5.82 Å². The summed E-state index contributed by atoms with van der Waals surface area (Å²) in [6, 6.07) is 0. The van der Waals surface area contributed by atoms with Crippen LogP contribution < -0.4 is 5.32 Å². The number of amides is 1. The van der Waals surface area contributed by atoms with Crippen LogP contribution in [0.3, 0.4) is 0 Å². The first-order chi connectivity index (χ1) is 11.3. The second-order valence-electron chi connectivity index (χ2n) is 6.92. The molecular formula is C14H17F3N4O3. The maximum atomic E-state index is 13.8. The van der Waals surface area contributed by atoms with E-state index < -0.39 is 35.5 Å². The number of nitrogens with zero attached hydrogens (tertiary/aromatic N) is 3. The average molecular weight is 346 g/mol. The van der Waals surface area contributed by atoms with E-state index >= 15 is 0 Å². The van der Waals surface area contributed by atoms with Crippen LogP contribution in [-0.4, -0.2) is 64.0 Å². The van der Waals surface area contributed by atoms with E-state index in [0.717, 1.165) is 17.7 Å². The van der Waals surface area contributed by atoms with E-state index in [1.54, 1.807) is 0 Å². The molecule has 1 saturated carbocycles. The van der Waals surface area contributed by atoms with Crippen molar-refractivity contribution in [1.29, 1.82) is 0 Å². The van der Waals surface area contributed by atoms with Gasteiger partial charge in [0.2, 0.25) is 5.89 Å². The third kappa shape index (κ3) is 2.23. The second-order valence-corrected chi connectivity index (χ2v) is 6.92. The van der Waals surface area contributed by atoms with Crippen LogP contribution in [0.1, 0.15) is 36.9 Å². The van der Waals surface area contributed by atoms with Crippen LogP contribution >= 0.6 is 0 Å². The van der Waals surface area contributed by atoms with Crippen LogP contribution in [0.5, 0.6) is 0 Å². The molecule has 3 aliphatic rings. The molecule has 0 aromatic carbocycles. The summed E-state index contributed by atoms with van der Waals surface area (Å²) < 4.78 is 46.4. The van der Waals surface area contributed by atoms with Gasteiger partial charge in [0.1, 0.15) is 0 Å². The summed E-state index contributed by atoms with van der Waals surface area (Å²) in [4.78, 5) is 17.3. The molecule has 0 spiro atoms. The molecule has 10 heteroatoms. The number of likely N-dealkylation sites (tertiary alicyclic amines) is 1. The molecule has 0 bridgehead atoms. The molecular weight excluding hydrogens is 329 g/mol. The lowest BCUT2D eigenvalue weighted by Crippen LogP contribution is -2.67. The lowest BCUT2D eigenvalue weighted by Gasteiger charge is -2.39. The summed E-state index contributed by atoms with van der Waals surface area (Å²) in [7, 11) is 0. The third-order valence-electron chi connectivity index (χ3n) is 5.13. The highest BCUT2D eigenvalue weighted by molar-refractivity contribution is 5.87. The Kier molecular flexibility index (Phi) is 3.24. The van der Waals surface area contributed by atoms with Crippen molar-refractivity contribution in [3.63, 3.8) is 0 Å². The molecule has 1 atom stereocenters. The van der Waals surface area contributed by atoms with Gasteiger partial charge in [0.25, 0.3) is 5.91 Å². The van der Waals surface area contributed by atoms with Crippen LogP contribution in [0, 0.1) is 0 Å². The van der Waals surface area contributed by atoms with Crippen molar-refractivity contribution in [3.05, 3.63) is 11.7 Å². The topological polar surface area (TPSA) is 91.5 Å². The zero-order valence-corrected chi connectivity index (χ0v) is 12.8. The number of nitrogens with one attached hydrogen (secondary N) is 1. The van der Waals surface area contributed by atoms with Gasteiger partial charge in [0.15, 0.2) is 16.8 Å². The summed E-state index contributed by atoms with van der Waals surface area (Å²) in [6.45, 7) is -0.618. The Hall–Kier alpha value is -1.68. The van der Waals surface area contributed by atoms with Crippen molar-refractivity contribution in [1.82, 2.24) is 20.4 Å². The van der Waals surface area contributed by atoms with Crippen LogP contribution in [0.25, 0.3) is 0 Å². The van der Waals surface area contributed by atoms with E-state index in [4.69, 9.17) is 4.52 Å². The van der Waals surface area contributed by atoms with Gasteiger partial charge in [0.05, 0.1) is 0 Å². The molecule has 2 saturated heterocycles.